The highest BCUT2D eigenvalue weighted by atomic mass is 16.1. The van der Waals surface area contributed by atoms with Crippen molar-refractivity contribution in [3.05, 3.63) is 11.8 Å². The predicted octanol–water partition coefficient (Wildman–Crippen LogP) is 2.62. The zero-order chi connectivity index (χ0) is 13.9. The van der Waals surface area contributed by atoms with E-state index in [0.717, 1.165) is 25.7 Å². The Bertz CT molecular complexity index is 336. The summed E-state index contributed by atoms with van der Waals surface area (Å²) in [5, 5.41) is 15.0. The van der Waals surface area contributed by atoms with Crippen molar-refractivity contribution >= 4 is 5.91 Å². The molecule has 0 unspecified atom stereocenters. The molecule has 19 heavy (non-hydrogen) atoms. The van der Waals surface area contributed by atoms with E-state index in [1.54, 1.807) is 6.20 Å². The summed E-state index contributed by atoms with van der Waals surface area (Å²) in [7, 11) is 0. The lowest BCUT2D eigenvalue weighted by molar-refractivity contribution is -0.117. The molecular weight excluding hydrogens is 238 g/mol. The fourth-order valence-corrected chi connectivity index (χ4v) is 2.27. The van der Waals surface area contributed by atoms with Gasteiger partial charge in [-0.05, 0) is 19.3 Å². The fraction of sp³-hybridized carbons (Fsp3) is 0.733. The minimum atomic E-state index is -0.267. The van der Waals surface area contributed by atoms with E-state index in [-0.39, 0.29) is 11.5 Å². The summed E-state index contributed by atoms with van der Waals surface area (Å²) in [6.07, 6.45) is 10.9. The molecule has 4 heteroatoms. The van der Waals surface area contributed by atoms with Gasteiger partial charge in [-0.1, -0.05) is 39.0 Å². The summed E-state index contributed by atoms with van der Waals surface area (Å²) in [6.45, 7) is 2.71. The zero-order valence-corrected chi connectivity index (χ0v) is 11.9. The molecule has 0 aromatic carbocycles. The van der Waals surface area contributed by atoms with Crippen LogP contribution in [-0.4, -0.2) is 18.5 Å². The van der Waals surface area contributed by atoms with Gasteiger partial charge in [0.05, 0.1) is 0 Å². The van der Waals surface area contributed by atoms with E-state index in [1.165, 1.54) is 25.7 Å². The van der Waals surface area contributed by atoms with Crippen LogP contribution in [0.3, 0.4) is 0 Å². The average Bonchev–Trinajstić information content (AvgIpc) is 2.68. The van der Waals surface area contributed by atoms with Crippen LogP contribution in [0.5, 0.6) is 0 Å². The minimum absolute atomic E-state index is 0.181. The maximum atomic E-state index is 11.7. The first-order chi connectivity index (χ1) is 9.27. The van der Waals surface area contributed by atoms with Crippen molar-refractivity contribution in [2.24, 2.45) is 0 Å². The Morgan fingerprint density at radius 3 is 2.58 bits per heavy atom. The second-order valence-electron chi connectivity index (χ2n) is 5.13. The normalized spacial score (nSPS) is 17.4. The largest absolute Gasteiger partial charge is 0.387 e. The number of unbranched alkanes of at least 4 members (excludes halogenated alkanes) is 1. The summed E-state index contributed by atoms with van der Waals surface area (Å²) < 4.78 is 0. The van der Waals surface area contributed by atoms with Crippen molar-refractivity contribution in [2.45, 2.75) is 64.3 Å². The maximum Gasteiger partial charge on any atom is 0.263 e. The second-order valence-corrected chi connectivity index (χ2v) is 5.13. The van der Waals surface area contributed by atoms with E-state index in [4.69, 9.17) is 5.26 Å². The third-order valence-corrected chi connectivity index (χ3v) is 3.50. The third-order valence-electron chi connectivity index (χ3n) is 3.50. The van der Waals surface area contributed by atoms with Crippen molar-refractivity contribution in [1.82, 2.24) is 10.6 Å². The molecule has 0 aliphatic heterocycles. The van der Waals surface area contributed by atoms with Gasteiger partial charge in [0.25, 0.3) is 5.91 Å². The Kier molecular flexibility index (Phi) is 7.72. The summed E-state index contributed by atoms with van der Waals surface area (Å²) >= 11 is 0. The van der Waals surface area contributed by atoms with E-state index in [1.807, 2.05) is 6.07 Å². The van der Waals surface area contributed by atoms with Gasteiger partial charge in [-0.25, -0.2) is 0 Å². The molecule has 2 N–H and O–H groups in total. The number of nitrogens with one attached hydrogen (secondary N) is 2. The van der Waals surface area contributed by atoms with Gasteiger partial charge in [0.2, 0.25) is 0 Å². The van der Waals surface area contributed by atoms with Gasteiger partial charge < -0.3 is 10.6 Å². The van der Waals surface area contributed by atoms with Gasteiger partial charge in [-0.3, -0.25) is 4.79 Å². The van der Waals surface area contributed by atoms with Crippen LogP contribution >= 0.6 is 0 Å². The number of carbonyl (C=O) groups excluding carboxylic acids is 1. The highest BCUT2D eigenvalue weighted by Gasteiger charge is 2.12. The van der Waals surface area contributed by atoms with E-state index in [2.05, 4.69) is 17.6 Å². The van der Waals surface area contributed by atoms with Crippen molar-refractivity contribution in [3.63, 3.8) is 0 Å². The van der Waals surface area contributed by atoms with Crippen LogP contribution in [-0.2, 0) is 4.79 Å². The van der Waals surface area contributed by atoms with Gasteiger partial charge in [0, 0.05) is 18.8 Å². The van der Waals surface area contributed by atoms with Crippen LogP contribution in [0.25, 0.3) is 0 Å². The Labute approximate surface area is 116 Å². The van der Waals surface area contributed by atoms with E-state index >= 15 is 0 Å². The lowest BCUT2D eigenvalue weighted by Crippen LogP contribution is -2.29. The smallest absolute Gasteiger partial charge is 0.263 e. The van der Waals surface area contributed by atoms with Gasteiger partial charge in [0.1, 0.15) is 11.6 Å². The lowest BCUT2D eigenvalue weighted by atomic mass is 10.1. The summed E-state index contributed by atoms with van der Waals surface area (Å²) in [5.74, 6) is -0.267. The SMILES string of the molecule is CCCCNC(=O)/C(C#N)=C\NC1CCCCCC1. The molecule has 1 rings (SSSR count). The van der Waals surface area contributed by atoms with Crippen LogP contribution in [0.1, 0.15) is 58.3 Å². The monoisotopic (exact) mass is 263 g/mol. The maximum absolute atomic E-state index is 11.7. The lowest BCUT2D eigenvalue weighted by Gasteiger charge is -2.14. The van der Waals surface area contributed by atoms with Crippen molar-refractivity contribution < 1.29 is 4.79 Å². The molecule has 0 spiro atoms. The second kappa shape index (κ2) is 9.43. The first kappa shape index (κ1) is 15.6. The average molecular weight is 263 g/mol. The van der Waals surface area contributed by atoms with Crippen LogP contribution in [0, 0.1) is 11.3 Å². The summed E-state index contributed by atoms with van der Waals surface area (Å²) in [4.78, 5) is 11.7. The molecule has 0 heterocycles. The zero-order valence-electron chi connectivity index (χ0n) is 11.9. The van der Waals surface area contributed by atoms with Gasteiger partial charge in [-0.2, -0.15) is 5.26 Å². The molecule has 0 radical (unpaired) electrons. The number of amides is 1. The van der Waals surface area contributed by atoms with Crippen LogP contribution in [0.4, 0.5) is 0 Å². The highest BCUT2D eigenvalue weighted by Crippen LogP contribution is 2.17. The van der Waals surface area contributed by atoms with Crippen molar-refractivity contribution in [2.75, 3.05) is 6.54 Å². The van der Waals surface area contributed by atoms with Crippen molar-refractivity contribution in [3.8, 4) is 6.07 Å². The first-order valence-electron chi connectivity index (χ1n) is 7.42. The molecule has 4 nitrogen and oxygen atoms in total. The number of hydrogen-bond acceptors (Lipinski definition) is 3. The number of carbonyl (C=O) groups is 1. The third kappa shape index (κ3) is 6.28. The molecule has 0 atom stereocenters. The molecule has 1 aliphatic rings. The molecule has 1 saturated carbocycles. The number of nitriles is 1. The molecule has 1 aliphatic carbocycles. The highest BCUT2D eigenvalue weighted by molar-refractivity contribution is 5.97. The summed E-state index contributed by atoms with van der Waals surface area (Å²) in [5.41, 5.74) is 0.181. The van der Waals surface area contributed by atoms with Crippen LogP contribution in [0.2, 0.25) is 0 Å². The quantitative estimate of drug-likeness (QED) is 0.335. The first-order valence-corrected chi connectivity index (χ1v) is 7.42. The van der Waals surface area contributed by atoms with E-state index < -0.39 is 0 Å². The van der Waals surface area contributed by atoms with Gasteiger partial charge in [0.15, 0.2) is 0 Å². The molecular formula is C15H25N3O. The van der Waals surface area contributed by atoms with Crippen molar-refractivity contribution in [1.29, 1.82) is 5.26 Å². The van der Waals surface area contributed by atoms with Gasteiger partial charge >= 0.3 is 0 Å². The number of nitrogens with zero attached hydrogens (tertiary/aromatic N) is 1. The van der Waals surface area contributed by atoms with Gasteiger partial charge in [-0.15, -0.1) is 0 Å². The Morgan fingerprint density at radius 2 is 2.00 bits per heavy atom. The molecule has 1 amide bonds. The minimum Gasteiger partial charge on any atom is -0.387 e. The molecule has 106 valence electrons. The van der Waals surface area contributed by atoms with E-state index in [0.29, 0.717) is 12.6 Å². The topological polar surface area (TPSA) is 64.9 Å². The number of hydrogen-bond donors (Lipinski definition) is 2. The van der Waals surface area contributed by atoms with Crippen LogP contribution < -0.4 is 10.6 Å². The predicted molar refractivity (Wildman–Crippen MR) is 76.2 cm³/mol. The molecule has 1 fully saturated rings. The van der Waals surface area contributed by atoms with Crippen LogP contribution in [0.15, 0.2) is 11.8 Å². The molecule has 0 saturated heterocycles. The Hall–Kier alpha value is -1.50. The molecule has 0 aromatic heterocycles. The van der Waals surface area contributed by atoms with E-state index in [9.17, 15) is 4.79 Å². The summed E-state index contributed by atoms with van der Waals surface area (Å²) in [6, 6.07) is 2.38. The standard InChI is InChI=1S/C15H25N3O/c1-2-3-10-17-15(19)13(11-16)12-18-14-8-6-4-5-7-9-14/h12,14,18H,2-10H2,1H3,(H,17,19)/b13-12-. The molecule has 0 bridgehead atoms. The fourth-order valence-electron chi connectivity index (χ4n) is 2.27. The molecule has 0 aromatic rings. The Morgan fingerprint density at radius 1 is 1.32 bits per heavy atom. The Balaban J connectivity index is 2.42. The number of rotatable bonds is 6.